The minimum atomic E-state index is -0.0759. The first-order valence-electron chi connectivity index (χ1n) is 7.28. The molecule has 2 aromatic carbocycles. The van der Waals surface area contributed by atoms with Gasteiger partial charge in [-0.3, -0.25) is 4.79 Å². The van der Waals surface area contributed by atoms with E-state index in [1.165, 1.54) is 0 Å². The largest absolute Gasteiger partial charge is 0.496 e. The van der Waals surface area contributed by atoms with E-state index in [1.807, 2.05) is 56.3 Å². The summed E-state index contributed by atoms with van der Waals surface area (Å²) in [5.74, 6) is 1.45. The zero-order valence-corrected chi connectivity index (χ0v) is 13.2. The van der Waals surface area contributed by atoms with Crippen molar-refractivity contribution in [3.63, 3.8) is 0 Å². The third-order valence-electron chi connectivity index (χ3n) is 3.24. The van der Waals surface area contributed by atoms with Crippen LogP contribution in [0.1, 0.15) is 18.1 Å². The van der Waals surface area contributed by atoms with Gasteiger partial charge in [-0.2, -0.15) is 0 Å². The zero-order chi connectivity index (χ0) is 15.9. The number of ether oxygens (including phenoxy) is 2. The van der Waals surface area contributed by atoms with Crippen molar-refractivity contribution in [3.05, 3.63) is 53.6 Å². The van der Waals surface area contributed by atoms with Gasteiger partial charge in [0.25, 0.3) is 0 Å². The van der Waals surface area contributed by atoms with E-state index >= 15 is 0 Å². The predicted molar refractivity (Wildman–Crippen MR) is 87.7 cm³/mol. The summed E-state index contributed by atoms with van der Waals surface area (Å²) in [7, 11) is 1.61. The Hall–Kier alpha value is -2.49. The molecule has 0 atom stereocenters. The van der Waals surface area contributed by atoms with Crippen LogP contribution in [0.4, 0.5) is 5.69 Å². The Morgan fingerprint density at radius 3 is 2.50 bits per heavy atom. The van der Waals surface area contributed by atoms with Gasteiger partial charge in [0.05, 0.1) is 20.1 Å². The number of hydrogen-bond donors (Lipinski definition) is 1. The summed E-state index contributed by atoms with van der Waals surface area (Å²) in [6.07, 6.45) is 0.276. The Kier molecular flexibility index (Phi) is 5.42. The summed E-state index contributed by atoms with van der Waals surface area (Å²) in [6, 6.07) is 13.2. The number of anilines is 1. The quantitative estimate of drug-likeness (QED) is 0.887. The van der Waals surface area contributed by atoms with Crippen LogP contribution in [-0.2, 0) is 11.2 Å². The van der Waals surface area contributed by atoms with Crippen LogP contribution in [-0.4, -0.2) is 19.6 Å². The zero-order valence-electron chi connectivity index (χ0n) is 13.2. The maximum Gasteiger partial charge on any atom is 0.228 e. The highest BCUT2D eigenvalue weighted by molar-refractivity contribution is 5.92. The van der Waals surface area contributed by atoms with Crippen LogP contribution in [0.5, 0.6) is 11.5 Å². The van der Waals surface area contributed by atoms with Crippen molar-refractivity contribution in [2.45, 2.75) is 20.3 Å². The van der Waals surface area contributed by atoms with Gasteiger partial charge in [-0.1, -0.05) is 17.7 Å². The first-order valence-corrected chi connectivity index (χ1v) is 7.28. The van der Waals surface area contributed by atoms with Crippen molar-refractivity contribution >= 4 is 11.6 Å². The first kappa shape index (κ1) is 15.9. The number of carbonyl (C=O) groups excluding carboxylic acids is 1. The summed E-state index contributed by atoms with van der Waals surface area (Å²) >= 11 is 0. The SMILES string of the molecule is CCOc1ccc(NC(=O)Cc2cc(C)ccc2OC)cc1. The Bertz CT molecular complexity index is 635. The standard InChI is InChI=1S/C18H21NO3/c1-4-22-16-8-6-15(7-9-16)19-18(20)12-14-11-13(2)5-10-17(14)21-3/h5-11H,4,12H2,1-3H3,(H,19,20). The van der Waals surface area contributed by atoms with Gasteiger partial charge in [0.1, 0.15) is 11.5 Å². The van der Waals surface area contributed by atoms with E-state index in [1.54, 1.807) is 7.11 Å². The molecule has 0 bridgehead atoms. The molecule has 0 aliphatic carbocycles. The van der Waals surface area contributed by atoms with Gasteiger partial charge in [-0.25, -0.2) is 0 Å². The van der Waals surface area contributed by atoms with Crippen molar-refractivity contribution in [1.82, 2.24) is 0 Å². The van der Waals surface area contributed by atoms with Gasteiger partial charge < -0.3 is 14.8 Å². The van der Waals surface area contributed by atoms with E-state index in [4.69, 9.17) is 9.47 Å². The molecule has 0 unspecified atom stereocenters. The summed E-state index contributed by atoms with van der Waals surface area (Å²) in [5, 5.41) is 2.88. The summed E-state index contributed by atoms with van der Waals surface area (Å²) < 4.78 is 10.7. The molecule has 0 aliphatic heterocycles. The number of hydrogen-bond acceptors (Lipinski definition) is 3. The van der Waals surface area contributed by atoms with Crippen LogP contribution in [0.3, 0.4) is 0 Å². The molecule has 2 rings (SSSR count). The molecular formula is C18H21NO3. The Labute approximate surface area is 131 Å². The highest BCUT2D eigenvalue weighted by Crippen LogP contribution is 2.21. The molecule has 0 spiro atoms. The van der Waals surface area contributed by atoms with Gasteiger partial charge in [-0.15, -0.1) is 0 Å². The minimum Gasteiger partial charge on any atom is -0.496 e. The van der Waals surface area contributed by atoms with Gasteiger partial charge in [0, 0.05) is 11.3 Å². The Morgan fingerprint density at radius 1 is 1.14 bits per heavy atom. The van der Waals surface area contributed by atoms with Crippen molar-refractivity contribution in [1.29, 1.82) is 0 Å². The van der Waals surface area contributed by atoms with E-state index < -0.39 is 0 Å². The molecule has 0 radical (unpaired) electrons. The second kappa shape index (κ2) is 7.50. The lowest BCUT2D eigenvalue weighted by atomic mass is 10.1. The van der Waals surface area contributed by atoms with Crippen LogP contribution in [0.2, 0.25) is 0 Å². The molecular weight excluding hydrogens is 278 g/mol. The van der Waals surface area contributed by atoms with Gasteiger partial charge in [-0.05, 0) is 44.2 Å². The number of amides is 1. The topological polar surface area (TPSA) is 47.6 Å². The first-order chi connectivity index (χ1) is 10.6. The third-order valence-corrected chi connectivity index (χ3v) is 3.24. The Balaban J connectivity index is 2.02. The fourth-order valence-electron chi connectivity index (χ4n) is 2.22. The second-order valence-electron chi connectivity index (χ2n) is 5.00. The average molecular weight is 299 g/mol. The van der Waals surface area contributed by atoms with Gasteiger partial charge >= 0.3 is 0 Å². The van der Waals surface area contributed by atoms with E-state index in [-0.39, 0.29) is 12.3 Å². The van der Waals surface area contributed by atoms with Gasteiger partial charge in [0.2, 0.25) is 5.91 Å². The van der Waals surface area contributed by atoms with Crippen LogP contribution < -0.4 is 14.8 Å². The van der Waals surface area contributed by atoms with Crippen molar-refractivity contribution < 1.29 is 14.3 Å². The molecule has 1 N–H and O–H groups in total. The second-order valence-corrected chi connectivity index (χ2v) is 5.00. The molecule has 0 saturated carbocycles. The molecule has 0 aromatic heterocycles. The molecule has 0 saturated heterocycles. The number of rotatable bonds is 6. The van der Waals surface area contributed by atoms with Crippen LogP contribution in [0.15, 0.2) is 42.5 Å². The highest BCUT2D eigenvalue weighted by atomic mass is 16.5. The number of methoxy groups -OCH3 is 1. The highest BCUT2D eigenvalue weighted by Gasteiger charge is 2.09. The van der Waals surface area contributed by atoms with Crippen LogP contribution in [0.25, 0.3) is 0 Å². The summed E-state index contributed by atoms with van der Waals surface area (Å²) in [5.41, 5.74) is 2.73. The monoisotopic (exact) mass is 299 g/mol. The van der Waals surface area contributed by atoms with Crippen LogP contribution >= 0.6 is 0 Å². The fraction of sp³-hybridized carbons (Fsp3) is 0.278. The lowest BCUT2D eigenvalue weighted by Gasteiger charge is -2.10. The molecule has 0 fully saturated rings. The average Bonchev–Trinajstić information content (AvgIpc) is 2.50. The minimum absolute atomic E-state index is 0.0759. The predicted octanol–water partition coefficient (Wildman–Crippen LogP) is 3.58. The third kappa shape index (κ3) is 4.25. The van der Waals surface area contributed by atoms with E-state index in [0.717, 1.165) is 28.3 Å². The molecule has 4 nitrogen and oxygen atoms in total. The van der Waals surface area contributed by atoms with Gasteiger partial charge in [0.15, 0.2) is 0 Å². The molecule has 0 aliphatic rings. The Morgan fingerprint density at radius 2 is 1.86 bits per heavy atom. The van der Waals surface area contributed by atoms with E-state index in [9.17, 15) is 4.79 Å². The van der Waals surface area contributed by atoms with E-state index in [2.05, 4.69) is 5.32 Å². The molecule has 1 amide bonds. The molecule has 22 heavy (non-hydrogen) atoms. The van der Waals surface area contributed by atoms with Crippen molar-refractivity contribution in [2.75, 3.05) is 19.0 Å². The molecule has 0 heterocycles. The summed E-state index contributed by atoms with van der Waals surface area (Å²) in [6.45, 7) is 4.55. The normalized spacial score (nSPS) is 10.1. The van der Waals surface area contributed by atoms with Crippen molar-refractivity contribution in [3.8, 4) is 11.5 Å². The molecule has 2 aromatic rings. The lowest BCUT2D eigenvalue weighted by molar-refractivity contribution is -0.115. The van der Waals surface area contributed by atoms with Crippen molar-refractivity contribution in [2.24, 2.45) is 0 Å². The number of nitrogens with one attached hydrogen (secondary N) is 1. The number of aryl methyl sites for hydroxylation is 1. The van der Waals surface area contributed by atoms with Crippen LogP contribution in [0, 0.1) is 6.92 Å². The number of carbonyl (C=O) groups is 1. The lowest BCUT2D eigenvalue weighted by Crippen LogP contribution is -2.15. The fourth-order valence-corrected chi connectivity index (χ4v) is 2.22. The van der Waals surface area contributed by atoms with E-state index in [0.29, 0.717) is 6.61 Å². The maximum atomic E-state index is 12.2. The molecule has 116 valence electrons. The maximum absolute atomic E-state index is 12.2. The smallest absolute Gasteiger partial charge is 0.228 e. The summed E-state index contributed by atoms with van der Waals surface area (Å²) in [4.78, 5) is 12.2. The number of benzene rings is 2. The molecule has 4 heteroatoms.